The second-order valence-electron chi connectivity index (χ2n) is 6.15. The quantitative estimate of drug-likeness (QED) is 0.793. The predicted octanol–water partition coefficient (Wildman–Crippen LogP) is 1.90. The average molecular weight is 390 g/mol. The van der Waals surface area contributed by atoms with Gasteiger partial charge in [0.1, 0.15) is 15.9 Å². The smallest absolute Gasteiger partial charge is 0.408 e. The van der Waals surface area contributed by atoms with Gasteiger partial charge in [0.15, 0.2) is 0 Å². The highest BCUT2D eigenvalue weighted by Crippen LogP contribution is 2.24. The molecule has 0 spiro atoms. The molecule has 1 amide bonds. The molecule has 9 heteroatoms. The van der Waals surface area contributed by atoms with E-state index in [4.69, 9.17) is 14.2 Å². The van der Waals surface area contributed by atoms with E-state index in [9.17, 15) is 9.59 Å². The van der Waals surface area contributed by atoms with Crippen LogP contribution in [0, 0.1) is 0 Å². The van der Waals surface area contributed by atoms with E-state index < -0.39 is 17.7 Å². The Kier molecular flexibility index (Phi) is 5.30. The Hall–Kier alpha value is -1.61. The first-order valence-electron chi connectivity index (χ1n) is 7.12. The van der Waals surface area contributed by atoms with Crippen LogP contribution in [0.5, 0.6) is 0 Å². The van der Waals surface area contributed by atoms with Crippen molar-refractivity contribution >= 4 is 28.0 Å². The van der Waals surface area contributed by atoms with Crippen LogP contribution in [0.15, 0.2) is 10.7 Å². The lowest BCUT2D eigenvalue weighted by atomic mass is 10.1. The van der Waals surface area contributed by atoms with Gasteiger partial charge in [0.2, 0.25) is 0 Å². The summed E-state index contributed by atoms with van der Waals surface area (Å²) in [5.41, 5.74) is -0.309. The van der Waals surface area contributed by atoms with E-state index in [2.05, 4.69) is 26.3 Å². The molecule has 2 unspecified atom stereocenters. The highest BCUT2D eigenvalue weighted by molar-refractivity contribution is 9.10. The Bertz CT molecular complexity index is 596. The van der Waals surface area contributed by atoms with E-state index in [1.54, 1.807) is 26.8 Å². The molecule has 2 atom stereocenters. The summed E-state index contributed by atoms with van der Waals surface area (Å²) in [5.74, 6) is -0.508. The van der Waals surface area contributed by atoms with Crippen LogP contribution in [-0.4, -0.2) is 53.8 Å². The third kappa shape index (κ3) is 4.44. The third-order valence-corrected chi connectivity index (χ3v) is 3.55. The van der Waals surface area contributed by atoms with Crippen molar-refractivity contribution < 1.29 is 23.8 Å². The van der Waals surface area contributed by atoms with Crippen molar-refractivity contribution in [3.8, 4) is 0 Å². The summed E-state index contributed by atoms with van der Waals surface area (Å²) < 4.78 is 17.5. The fourth-order valence-corrected chi connectivity index (χ4v) is 2.64. The van der Waals surface area contributed by atoms with Crippen LogP contribution in [-0.2, 0) is 14.2 Å². The Morgan fingerprint density at radius 1 is 1.43 bits per heavy atom. The molecule has 1 aromatic heterocycles. The van der Waals surface area contributed by atoms with Gasteiger partial charge in [0.05, 0.1) is 32.4 Å². The summed E-state index contributed by atoms with van der Waals surface area (Å²) in [5, 5.41) is 7.02. The highest BCUT2D eigenvalue weighted by Gasteiger charge is 2.35. The van der Waals surface area contributed by atoms with Crippen molar-refractivity contribution in [2.45, 2.75) is 38.5 Å². The van der Waals surface area contributed by atoms with Crippen molar-refractivity contribution in [3.05, 3.63) is 16.4 Å². The van der Waals surface area contributed by atoms with Crippen molar-refractivity contribution in [2.24, 2.45) is 0 Å². The van der Waals surface area contributed by atoms with E-state index >= 15 is 0 Å². The van der Waals surface area contributed by atoms with Gasteiger partial charge in [-0.1, -0.05) is 0 Å². The van der Waals surface area contributed by atoms with Gasteiger partial charge in [-0.15, -0.1) is 0 Å². The molecule has 2 rings (SSSR count). The topological polar surface area (TPSA) is 91.7 Å². The maximum absolute atomic E-state index is 12.0. The number of methoxy groups -OCH3 is 1. The molecular weight excluding hydrogens is 370 g/mol. The molecule has 1 N–H and O–H groups in total. The summed E-state index contributed by atoms with van der Waals surface area (Å²) >= 11 is 3.25. The van der Waals surface area contributed by atoms with Crippen molar-refractivity contribution in [2.75, 3.05) is 20.3 Å². The molecule has 0 radical (unpaired) electrons. The molecule has 2 heterocycles. The van der Waals surface area contributed by atoms with Crippen LogP contribution < -0.4 is 5.32 Å². The lowest BCUT2D eigenvalue weighted by molar-refractivity contribution is 0.0491. The molecule has 1 aliphatic rings. The first-order chi connectivity index (χ1) is 10.7. The summed E-state index contributed by atoms with van der Waals surface area (Å²) in [6.07, 6.45) is -0.538. The number of carbonyl (C=O) groups is 2. The number of carbonyl (C=O) groups excluding carboxylic acids is 2. The van der Waals surface area contributed by atoms with E-state index in [1.807, 2.05) is 0 Å². The standard InChI is InChI=1S/C14H20BrN3O5/c1-14(2,3)23-13(20)16-8-6-22-7-10(8)18-9(12(19)21-4)5-11(15)17-18/h5,8,10H,6-7H2,1-4H3,(H,16,20). The normalized spacial score (nSPS) is 21.1. The number of amides is 1. The average Bonchev–Trinajstić information content (AvgIpc) is 3.01. The van der Waals surface area contributed by atoms with Crippen LogP contribution in [0.3, 0.4) is 0 Å². The fourth-order valence-electron chi connectivity index (χ4n) is 2.26. The maximum atomic E-state index is 12.0. The fraction of sp³-hybridized carbons (Fsp3) is 0.643. The first kappa shape index (κ1) is 17.7. The lowest BCUT2D eigenvalue weighted by Gasteiger charge is -2.24. The zero-order valence-electron chi connectivity index (χ0n) is 13.5. The largest absolute Gasteiger partial charge is 0.464 e. The summed E-state index contributed by atoms with van der Waals surface area (Å²) in [6.45, 7) is 5.99. The number of hydrogen-bond acceptors (Lipinski definition) is 6. The number of rotatable bonds is 3. The van der Waals surface area contributed by atoms with Gasteiger partial charge in [-0.05, 0) is 36.7 Å². The van der Waals surface area contributed by atoms with Crippen LogP contribution in [0.4, 0.5) is 4.79 Å². The van der Waals surface area contributed by atoms with Gasteiger partial charge in [0, 0.05) is 6.07 Å². The predicted molar refractivity (Wildman–Crippen MR) is 84.3 cm³/mol. The molecule has 23 heavy (non-hydrogen) atoms. The van der Waals surface area contributed by atoms with Gasteiger partial charge < -0.3 is 19.5 Å². The molecule has 1 saturated heterocycles. The lowest BCUT2D eigenvalue weighted by Crippen LogP contribution is -2.44. The van der Waals surface area contributed by atoms with E-state index in [0.717, 1.165) is 0 Å². The molecule has 1 aliphatic heterocycles. The zero-order valence-corrected chi connectivity index (χ0v) is 15.0. The van der Waals surface area contributed by atoms with Gasteiger partial charge in [-0.25, -0.2) is 14.3 Å². The third-order valence-electron chi connectivity index (χ3n) is 3.17. The van der Waals surface area contributed by atoms with Crippen LogP contribution in [0.2, 0.25) is 0 Å². The minimum atomic E-state index is -0.592. The minimum absolute atomic E-state index is 0.283. The molecule has 1 aromatic rings. The second-order valence-corrected chi connectivity index (χ2v) is 6.96. The molecule has 128 valence electrons. The SMILES string of the molecule is COC(=O)c1cc(Br)nn1C1COCC1NC(=O)OC(C)(C)C. The molecule has 8 nitrogen and oxygen atoms in total. The Balaban J connectivity index is 2.16. The number of nitrogens with zero attached hydrogens (tertiary/aromatic N) is 2. The maximum Gasteiger partial charge on any atom is 0.408 e. The van der Waals surface area contributed by atoms with Crippen LogP contribution in [0.1, 0.15) is 37.3 Å². The highest BCUT2D eigenvalue weighted by atomic mass is 79.9. The summed E-state index contributed by atoms with van der Waals surface area (Å²) in [7, 11) is 1.30. The van der Waals surface area contributed by atoms with E-state index in [1.165, 1.54) is 11.8 Å². The van der Waals surface area contributed by atoms with Gasteiger partial charge in [-0.2, -0.15) is 5.10 Å². The van der Waals surface area contributed by atoms with E-state index in [-0.39, 0.29) is 17.8 Å². The van der Waals surface area contributed by atoms with Gasteiger partial charge >= 0.3 is 12.1 Å². The second kappa shape index (κ2) is 6.88. The molecule has 0 bridgehead atoms. The number of alkyl carbamates (subject to hydrolysis) is 1. The van der Waals surface area contributed by atoms with Crippen molar-refractivity contribution in [1.29, 1.82) is 0 Å². The molecular formula is C14H20BrN3O5. The summed E-state index contributed by atoms with van der Waals surface area (Å²) in [4.78, 5) is 23.8. The Labute approximate surface area is 142 Å². The first-order valence-corrected chi connectivity index (χ1v) is 7.91. The monoisotopic (exact) mass is 389 g/mol. The number of hydrogen-bond donors (Lipinski definition) is 1. The summed E-state index contributed by atoms with van der Waals surface area (Å²) in [6, 6.07) is 0.872. The number of ether oxygens (including phenoxy) is 3. The number of esters is 1. The molecule has 1 fully saturated rings. The Morgan fingerprint density at radius 2 is 2.13 bits per heavy atom. The minimum Gasteiger partial charge on any atom is -0.464 e. The van der Waals surface area contributed by atoms with Gasteiger partial charge in [-0.3, -0.25) is 0 Å². The number of nitrogens with one attached hydrogen (secondary N) is 1. The molecule has 0 aliphatic carbocycles. The van der Waals surface area contributed by atoms with Gasteiger partial charge in [0.25, 0.3) is 0 Å². The van der Waals surface area contributed by atoms with Crippen molar-refractivity contribution in [1.82, 2.24) is 15.1 Å². The molecule has 0 aromatic carbocycles. The van der Waals surface area contributed by atoms with Crippen molar-refractivity contribution in [3.63, 3.8) is 0 Å². The van der Waals surface area contributed by atoms with E-state index in [0.29, 0.717) is 17.8 Å². The number of aromatic nitrogens is 2. The van der Waals surface area contributed by atoms with Crippen LogP contribution >= 0.6 is 15.9 Å². The Morgan fingerprint density at radius 3 is 2.74 bits per heavy atom. The molecule has 0 saturated carbocycles. The zero-order chi connectivity index (χ0) is 17.2. The number of halogens is 1. The van der Waals surface area contributed by atoms with Crippen LogP contribution in [0.25, 0.3) is 0 Å².